The van der Waals surface area contributed by atoms with Gasteiger partial charge in [-0.2, -0.15) is 0 Å². The third kappa shape index (κ3) is 7.09. The maximum atomic E-state index is 13.5. The first kappa shape index (κ1) is 26.3. The molecule has 3 aromatic rings. The van der Waals surface area contributed by atoms with Crippen molar-refractivity contribution in [2.75, 3.05) is 24.0 Å². The number of carbonyl (C=O) groups excluding carboxylic acids is 1. The molecule has 0 aliphatic rings. The van der Waals surface area contributed by atoms with Gasteiger partial charge in [0, 0.05) is 0 Å². The molecule has 3 aromatic carbocycles. The van der Waals surface area contributed by atoms with Crippen LogP contribution in [0.3, 0.4) is 0 Å². The third-order valence-electron chi connectivity index (χ3n) is 5.77. The lowest BCUT2D eigenvalue weighted by atomic mass is 10.0. The van der Waals surface area contributed by atoms with E-state index in [1.807, 2.05) is 43.3 Å². The number of amides is 1. The number of hydrogen-bond acceptors (Lipinski definition) is 4. The summed E-state index contributed by atoms with van der Waals surface area (Å²) in [4.78, 5) is 12.9. The van der Waals surface area contributed by atoms with Gasteiger partial charge in [-0.3, -0.25) is 9.10 Å². The second-order valence-corrected chi connectivity index (χ2v) is 10.6. The van der Waals surface area contributed by atoms with Crippen LogP contribution in [0.2, 0.25) is 0 Å². The molecule has 1 N–H and O–H groups in total. The summed E-state index contributed by atoms with van der Waals surface area (Å²) in [7, 11) is -3.94. The number of rotatable bonds is 11. The number of nitrogens with zero attached hydrogens (tertiary/aromatic N) is 1. The van der Waals surface area contributed by atoms with Crippen molar-refractivity contribution in [1.82, 2.24) is 5.32 Å². The van der Waals surface area contributed by atoms with E-state index < -0.39 is 15.9 Å². The molecule has 0 atom stereocenters. The molecule has 0 unspecified atom stereocenters. The van der Waals surface area contributed by atoms with E-state index in [9.17, 15) is 13.2 Å². The zero-order valence-electron chi connectivity index (χ0n) is 20.8. The van der Waals surface area contributed by atoms with Crippen molar-refractivity contribution < 1.29 is 17.9 Å². The number of aryl methyl sites for hydroxylation is 2. The Kier molecular flexibility index (Phi) is 8.93. The van der Waals surface area contributed by atoms with Crippen molar-refractivity contribution in [2.45, 2.75) is 44.9 Å². The van der Waals surface area contributed by atoms with E-state index in [0.29, 0.717) is 11.6 Å². The normalized spacial score (nSPS) is 11.3. The van der Waals surface area contributed by atoms with Gasteiger partial charge in [-0.1, -0.05) is 62.7 Å². The molecule has 0 aliphatic carbocycles. The number of benzene rings is 3. The van der Waals surface area contributed by atoms with E-state index in [4.69, 9.17) is 4.74 Å². The number of nitrogens with one attached hydrogen (secondary N) is 1. The Hall–Kier alpha value is -3.32. The number of hydrogen-bond donors (Lipinski definition) is 1. The van der Waals surface area contributed by atoms with Gasteiger partial charge in [-0.25, -0.2) is 8.42 Å². The first-order valence-electron chi connectivity index (χ1n) is 11.9. The SMILES string of the molecule is CCc1ccc(OCCNC(=O)CN(c2ccc(C(C)C)cc2)S(=O)(=O)c2ccc(C)cc2)cc1. The summed E-state index contributed by atoms with van der Waals surface area (Å²) in [5, 5.41) is 2.77. The fourth-order valence-electron chi connectivity index (χ4n) is 3.55. The van der Waals surface area contributed by atoms with Gasteiger partial charge < -0.3 is 10.1 Å². The van der Waals surface area contributed by atoms with Gasteiger partial charge in [-0.15, -0.1) is 0 Å². The minimum absolute atomic E-state index is 0.141. The molecule has 7 heteroatoms. The molecule has 6 nitrogen and oxygen atoms in total. The Balaban J connectivity index is 1.70. The molecule has 3 rings (SSSR count). The highest BCUT2D eigenvalue weighted by atomic mass is 32.2. The second-order valence-electron chi connectivity index (χ2n) is 8.77. The van der Waals surface area contributed by atoms with E-state index in [1.54, 1.807) is 36.4 Å². The Morgan fingerprint density at radius 2 is 1.57 bits per heavy atom. The van der Waals surface area contributed by atoms with Crippen LogP contribution >= 0.6 is 0 Å². The highest BCUT2D eigenvalue weighted by Gasteiger charge is 2.27. The van der Waals surface area contributed by atoms with Gasteiger partial charge in [-0.05, 0) is 66.8 Å². The van der Waals surface area contributed by atoms with Gasteiger partial charge in [0.25, 0.3) is 10.0 Å². The van der Waals surface area contributed by atoms with Crippen LogP contribution in [0.4, 0.5) is 5.69 Å². The van der Waals surface area contributed by atoms with Crippen LogP contribution in [0.1, 0.15) is 43.4 Å². The zero-order valence-corrected chi connectivity index (χ0v) is 21.6. The Bertz CT molecular complexity index is 1200. The highest BCUT2D eigenvalue weighted by molar-refractivity contribution is 7.92. The second kappa shape index (κ2) is 11.9. The maximum Gasteiger partial charge on any atom is 0.264 e. The number of sulfonamides is 1. The van der Waals surface area contributed by atoms with Crippen LogP contribution < -0.4 is 14.4 Å². The van der Waals surface area contributed by atoms with Crippen LogP contribution in [0, 0.1) is 6.92 Å². The molecular formula is C28H34N2O4S. The molecule has 0 saturated carbocycles. The number of anilines is 1. The summed E-state index contributed by atoms with van der Waals surface area (Å²) >= 11 is 0. The average Bonchev–Trinajstić information content (AvgIpc) is 2.86. The molecule has 0 saturated heterocycles. The predicted octanol–water partition coefficient (Wildman–Crippen LogP) is 5.07. The van der Waals surface area contributed by atoms with Crippen molar-refractivity contribution in [3.63, 3.8) is 0 Å². The molecule has 0 aromatic heterocycles. The van der Waals surface area contributed by atoms with E-state index in [0.717, 1.165) is 27.6 Å². The van der Waals surface area contributed by atoms with Gasteiger partial charge in [0.05, 0.1) is 17.1 Å². The first-order valence-corrected chi connectivity index (χ1v) is 13.3. The lowest BCUT2D eigenvalue weighted by molar-refractivity contribution is -0.119. The van der Waals surface area contributed by atoms with Gasteiger partial charge >= 0.3 is 0 Å². The lowest BCUT2D eigenvalue weighted by Crippen LogP contribution is -2.41. The smallest absolute Gasteiger partial charge is 0.264 e. The van der Waals surface area contributed by atoms with Crippen LogP contribution in [-0.2, 0) is 21.2 Å². The summed E-state index contributed by atoms with van der Waals surface area (Å²) in [6.45, 7) is 8.35. The standard InChI is InChI=1S/C28H34N2O4S/c1-5-23-8-14-26(15-9-23)34-19-18-29-28(31)20-30(25-12-10-24(11-13-25)21(2)3)35(32,33)27-16-6-22(4)7-17-27/h6-17,21H,5,18-20H2,1-4H3,(H,29,31). The first-order chi connectivity index (χ1) is 16.7. The largest absolute Gasteiger partial charge is 0.492 e. The molecule has 0 radical (unpaired) electrons. The topological polar surface area (TPSA) is 75.7 Å². The quantitative estimate of drug-likeness (QED) is 0.378. The number of carbonyl (C=O) groups is 1. The molecule has 0 fully saturated rings. The predicted molar refractivity (Wildman–Crippen MR) is 141 cm³/mol. The van der Waals surface area contributed by atoms with Crippen LogP contribution in [0.25, 0.3) is 0 Å². The molecule has 0 aliphatic heterocycles. The number of ether oxygens (including phenoxy) is 1. The van der Waals surface area contributed by atoms with Crippen LogP contribution in [0.5, 0.6) is 5.75 Å². The summed E-state index contributed by atoms with van der Waals surface area (Å²) in [5.74, 6) is 0.636. The van der Waals surface area contributed by atoms with E-state index in [2.05, 4.69) is 26.1 Å². The van der Waals surface area contributed by atoms with Crippen LogP contribution in [-0.4, -0.2) is 34.0 Å². The zero-order chi connectivity index (χ0) is 25.4. The van der Waals surface area contributed by atoms with E-state index in [1.165, 1.54) is 5.56 Å². The molecule has 186 valence electrons. The summed E-state index contributed by atoms with van der Waals surface area (Å²) < 4.78 is 33.8. The lowest BCUT2D eigenvalue weighted by Gasteiger charge is -2.24. The summed E-state index contributed by atoms with van der Waals surface area (Å²) in [6.07, 6.45) is 0.957. The minimum Gasteiger partial charge on any atom is -0.492 e. The molecular weight excluding hydrogens is 460 g/mol. The maximum absolute atomic E-state index is 13.5. The Labute approximate surface area is 209 Å². The monoisotopic (exact) mass is 494 g/mol. The van der Waals surface area contributed by atoms with Gasteiger partial charge in [0.1, 0.15) is 18.9 Å². The Morgan fingerprint density at radius 1 is 0.943 bits per heavy atom. The van der Waals surface area contributed by atoms with Crippen molar-refractivity contribution in [3.8, 4) is 5.75 Å². The van der Waals surface area contributed by atoms with Gasteiger partial charge in [0.15, 0.2) is 0 Å². The van der Waals surface area contributed by atoms with E-state index >= 15 is 0 Å². The Morgan fingerprint density at radius 3 is 2.14 bits per heavy atom. The van der Waals surface area contributed by atoms with Gasteiger partial charge in [0.2, 0.25) is 5.91 Å². The van der Waals surface area contributed by atoms with Crippen molar-refractivity contribution >= 4 is 21.6 Å². The minimum atomic E-state index is -3.94. The summed E-state index contributed by atoms with van der Waals surface area (Å²) in [5.41, 5.74) is 3.72. The highest BCUT2D eigenvalue weighted by Crippen LogP contribution is 2.26. The van der Waals surface area contributed by atoms with Crippen molar-refractivity contribution in [2.24, 2.45) is 0 Å². The van der Waals surface area contributed by atoms with Crippen molar-refractivity contribution in [1.29, 1.82) is 0 Å². The molecule has 1 amide bonds. The molecule has 35 heavy (non-hydrogen) atoms. The fraction of sp³-hybridized carbons (Fsp3) is 0.321. The molecule has 0 bridgehead atoms. The third-order valence-corrected chi connectivity index (χ3v) is 7.56. The van der Waals surface area contributed by atoms with Crippen molar-refractivity contribution in [3.05, 3.63) is 89.5 Å². The summed E-state index contributed by atoms with van der Waals surface area (Å²) in [6, 6.07) is 21.7. The molecule has 0 spiro atoms. The average molecular weight is 495 g/mol. The fourth-order valence-corrected chi connectivity index (χ4v) is 4.97. The van der Waals surface area contributed by atoms with E-state index in [-0.39, 0.29) is 24.6 Å². The van der Waals surface area contributed by atoms with Crippen LogP contribution in [0.15, 0.2) is 77.7 Å². The molecule has 0 heterocycles.